The van der Waals surface area contributed by atoms with Gasteiger partial charge in [0.15, 0.2) is 0 Å². The summed E-state index contributed by atoms with van der Waals surface area (Å²) in [5.41, 5.74) is 1.03. The van der Waals surface area contributed by atoms with Crippen LogP contribution in [0, 0.1) is 10.1 Å². The molecule has 0 spiro atoms. The molecule has 0 amide bonds. The van der Waals surface area contributed by atoms with Crippen molar-refractivity contribution in [2.75, 3.05) is 26.2 Å². The van der Waals surface area contributed by atoms with Gasteiger partial charge in [0.05, 0.1) is 11.5 Å². The molecule has 0 saturated carbocycles. The highest BCUT2D eigenvalue weighted by Gasteiger charge is 2.04. The molecule has 3 N–H and O–H groups in total. The van der Waals surface area contributed by atoms with Crippen molar-refractivity contribution in [1.82, 2.24) is 10.6 Å². The lowest BCUT2D eigenvalue weighted by Gasteiger charge is -2.05. The number of rotatable bonds is 9. The van der Waals surface area contributed by atoms with E-state index in [4.69, 9.17) is 5.11 Å². The first-order valence-corrected chi connectivity index (χ1v) is 5.99. The van der Waals surface area contributed by atoms with Crippen molar-refractivity contribution in [2.24, 2.45) is 0 Å². The van der Waals surface area contributed by atoms with Crippen molar-refractivity contribution < 1.29 is 10.0 Å². The molecule has 0 saturated heterocycles. The van der Waals surface area contributed by atoms with Crippen molar-refractivity contribution in [1.29, 1.82) is 0 Å². The second-order valence-electron chi connectivity index (χ2n) is 3.93. The quantitative estimate of drug-likeness (QED) is 0.342. The number of nitro benzene ring substituents is 1. The fourth-order valence-corrected chi connectivity index (χ4v) is 1.56. The molecule has 1 rings (SSSR count). The minimum absolute atomic E-state index is 0.124. The van der Waals surface area contributed by atoms with E-state index in [9.17, 15) is 10.1 Å². The average molecular weight is 253 g/mol. The molecule has 1 aromatic carbocycles. The molecule has 18 heavy (non-hydrogen) atoms. The summed E-state index contributed by atoms with van der Waals surface area (Å²) in [4.78, 5) is 10.2. The van der Waals surface area contributed by atoms with E-state index < -0.39 is 0 Å². The van der Waals surface area contributed by atoms with Gasteiger partial charge in [-0.3, -0.25) is 10.1 Å². The summed E-state index contributed by atoms with van der Waals surface area (Å²) in [6.07, 6.45) is 0.953. The molecule has 1 aromatic rings. The second kappa shape index (κ2) is 8.57. The van der Waals surface area contributed by atoms with Crippen LogP contribution >= 0.6 is 0 Å². The van der Waals surface area contributed by atoms with E-state index in [-0.39, 0.29) is 17.2 Å². The average Bonchev–Trinajstić information content (AvgIpc) is 2.38. The van der Waals surface area contributed by atoms with E-state index in [1.165, 1.54) is 6.07 Å². The molecule has 100 valence electrons. The molecule has 0 aliphatic rings. The molecule has 0 heterocycles. The molecule has 0 aliphatic heterocycles. The minimum Gasteiger partial charge on any atom is -0.395 e. The zero-order chi connectivity index (χ0) is 13.2. The maximum absolute atomic E-state index is 10.6. The first-order valence-electron chi connectivity index (χ1n) is 5.99. The van der Waals surface area contributed by atoms with Gasteiger partial charge in [0.2, 0.25) is 0 Å². The van der Waals surface area contributed by atoms with Crippen molar-refractivity contribution in [3.8, 4) is 0 Å². The smallest absolute Gasteiger partial charge is 0.269 e. The number of nitrogens with one attached hydrogen (secondary N) is 2. The van der Waals surface area contributed by atoms with E-state index >= 15 is 0 Å². The van der Waals surface area contributed by atoms with Gasteiger partial charge in [-0.15, -0.1) is 0 Å². The predicted molar refractivity (Wildman–Crippen MR) is 69.4 cm³/mol. The molecule has 6 heteroatoms. The Morgan fingerprint density at radius 2 is 2.00 bits per heavy atom. The van der Waals surface area contributed by atoms with Gasteiger partial charge in [-0.1, -0.05) is 12.1 Å². The van der Waals surface area contributed by atoms with Crippen molar-refractivity contribution in [3.05, 3.63) is 39.9 Å². The van der Waals surface area contributed by atoms with Crippen molar-refractivity contribution in [2.45, 2.75) is 13.0 Å². The van der Waals surface area contributed by atoms with Crippen LogP contribution in [0.4, 0.5) is 5.69 Å². The monoisotopic (exact) mass is 253 g/mol. The standard InChI is InChI=1S/C12H19N3O3/c16-8-7-13-5-2-6-14-10-11-3-1-4-12(9-11)15(17)18/h1,3-4,9,13-14,16H,2,5-8,10H2. The fourth-order valence-electron chi connectivity index (χ4n) is 1.56. The molecular weight excluding hydrogens is 234 g/mol. The molecule has 0 radical (unpaired) electrons. The highest BCUT2D eigenvalue weighted by molar-refractivity contribution is 5.34. The third-order valence-corrected chi connectivity index (χ3v) is 2.45. The van der Waals surface area contributed by atoms with Crippen LogP contribution < -0.4 is 10.6 Å². The van der Waals surface area contributed by atoms with Crippen LogP contribution in [-0.4, -0.2) is 36.3 Å². The Morgan fingerprint density at radius 1 is 1.22 bits per heavy atom. The number of hydrogen-bond acceptors (Lipinski definition) is 5. The topological polar surface area (TPSA) is 87.4 Å². The predicted octanol–water partition coefficient (Wildman–Crippen LogP) is 0.656. The van der Waals surface area contributed by atoms with Crippen LogP contribution in [-0.2, 0) is 6.54 Å². The summed E-state index contributed by atoms with van der Waals surface area (Å²) < 4.78 is 0. The summed E-state index contributed by atoms with van der Waals surface area (Å²) in [6.45, 7) is 3.08. The molecule has 6 nitrogen and oxygen atoms in total. The first-order chi connectivity index (χ1) is 8.74. The maximum Gasteiger partial charge on any atom is 0.269 e. The summed E-state index contributed by atoms with van der Waals surface area (Å²) >= 11 is 0. The number of nitro groups is 1. The van der Waals surface area contributed by atoms with E-state index in [1.54, 1.807) is 12.1 Å². The zero-order valence-corrected chi connectivity index (χ0v) is 10.3. The van der Waals surface area contributed by atoms with Crippen LogP contribution in [0.1, 0.15) is 12.0 Å². The normalized spacial score (nSPS) is 10.5. The highest BCUT2D eigenvalue weighted by atomic mass is 16.6. The number of aliphatic hydroxyl groups is 1. The number of benzene rings is 1. The lowest BCUT2D eigenvalue weighted by molar-refractivity contribution is -0.384. The van der Waals surface area contributed by atoms with Gasteiger partial charge in [0.25, 0.3) is 5.69 Å². The van der Waals surface area contributed by atoms with Crippen molar-refractivity contribution >= 4 is 5.69 Å². The van der Waals surface area contributed by atoms with Crippen LogP contribution in [0.15, 0.2) is 24.3 Å². The van der Waals surface area contributed by atoms with Gasteiger partial charge in [0.1, 0.15) is 0 Å². The van der Waals surface area contributed by atoms with Gasteiger partial charge in [-0.2, -0.15) is 0 Å². The molecule has 0 unspecified atom stereocenters. The summed E-state index contributed by atoms with van der Waals surface area (Å²) in [5.74, 6) is 0. The Hall–Kier alpha value is -1.50. The molecule has 0 fully saturated rings. The Bertz CT molecular complexity index is 371. The summed E-state index contributed by atoms with van der Waals surface area (Å²) in [5, 5.41) is 25.4. The second-order valence-corrected chi connectivity index (χ2v) is 3.93. The summed E-state index contributed by atoms with van der Waals surface area (Å²) in [7, 11) is 0. The van der Waals surface area contributed by atoms with Crippen LogP contribution in [0.5, 0.6) is 0 Å². The van der Waals surface area contributed by atoms with Gasteiger partial charge in [-0.25, -0.2) is 0 Å². The van der Waals surface area contributed by atoms with Crippen LogP contribution in [0.2, 0.25) is 0 Å². The van der Waals surface area contributed by atoms with E-state index in [0.717, 1.165) is 25.1 Å². The Morgan fingerprint density at radius 3 is 2.72 bits per heavy atom. The SMILES string of the molecule is O=[N+]([O-])c1cccc(CNCCCNCCO)c1. The third kappa shape index (κ3) is 5.72. The molecule has 0 aromatic heterocycles. The van der Waals surface area contributed by atoms with E-state index in [0.29, 0.717) is 13.1 Å². The zero-order valence-electron chi connectivity index (χ0n) is 10.3. The molecular formula is C12H19N3O3. The Kier molecular flexibility index (Phi) is 6.93. The largest absolute Gasteiger partial charge is 0.395 e. The first kappa shape index (κ1) is 14.6. The number of nitrogens with zero attached hydrogens (tertiary/aromatic N) is 1. The third-order valence-electron chi connectivity index (χ3n) is 2.45. The number of hydrogen-bond donors (Lipinski definition) is 3. The molecule has 0 bridgehead atoms. The lowest BCUT2D eigenvalue weighted by atomic mass is 10.2. The van der Waals surface area contributed by atoms with Gasteiger partial charge < -0.3 is 15.7 Å². The van der Waals surface area contributed by atoms with Crippen LogP contribution in [0.25, 0.3) is 0 Å². The maximum atomic E-state index is 10.6. The van der Waals surface area contributed by atoms with E-state index in [1.807, 2.05) is 6.07 Å². The summed E-state index contributed by atoms with van der Waals surface area (Å²) in [6, 6.07) is 6.63. The minimum atomic E-state index is -0.387. The lowest BCUT2D eigenvalue weighted by Crippen LogP contribution is -2.23. The van der Waals surface area contributed by atoms with Gasteiger partial charge in [-0.05, 0) is 25.1 Å². The molecule has 0 atom stereocenters. The van der Waals surface area contributed by atoms with E-state index in [2.05, 4.69) is 10.6 Å². The Labute approximate surface area is 106 Å². The van der Waals surface area contributed by atoms with Gasteiger partial charge in [0, 0.05) is 25.2 Å². The fraction of sp³-hybridized carbons (Fsp3) is 0.500. The number of non-ortho nitro benzene ring substituents is 1. The molecule has 0 aliphatic carbocycles. The number of aliphatic hydroxyl groups excluding tert-OH is 1. The highest BCUT2D eigenvalue weighted by Crippen LogP contribution is 2.12. The van der Waals surface area contributed by atoms with Crippen LogP contribution in [0.3, 0.4) is 0 Å². The van der Waals surface area contributed by atoms with Gasteiger partial charge >= 0.3 is 0 Å². The van der Waals surface area contributed by atoms with Crippen molar-refractivity contribution in [3.63, 3.8) is 0 Å². The Balaban J connectivity index is 2.19.